The van der Waals surface area contributed by atoms with E-state index >= 15 is 0 Å². The fourth-order valence-corrected chi connectivity index (χ4v) is 5.46. The van der Waals surface area contributed by atoms with Crippen LogP contribution < -0.4 is 5.32 Å². The standard InChI is InChI=1S/C30H27ClN6O2/c1-2-25-28(37-17-23(31)6-10-27(37)35-25)29(38)34-24-7-3-19(4-8-24)20-11-13-36(14-12-20)30(39)21-5-9-26-22(15-21)16-32-18-33-26/h3-10,15-18,20H,2,11-14H2,1H3,(H,34,38). The number of amides is 2. The van der Waals surface area contributed by atoms with Crippen LogP contribution in [0.4, 0.5) is 5.69 Å². The van der Waals surface area contributed by atoms with Crippen LogP contribution in [-0.2, 0) is 6.42 Å². The summed E-state index contributed by atoms with van der Waals surface area (Å²) < 4.78 is 1.74. The molecule has 1 fully saturated rings. The van der Waals surface area contributed by atoms with Crippen molar-refractivity contribution in [3.63, 3.8) is 0 Å². The van der Waals surface area contributed by atoms with Crippen molar-refractivity contribution in [3.05, 3.63) is 101 Å². The van der Waals surface area contributed by atoms with Crippen molar-refractivity contribution in [1.29, 1.82) is 0 Å². The van der Waals surface area contributed by atoms with Crippen molar-refractivity contribution >= 4 is 45.7 Å². The fourth-order valence-electron chi connectivity index (χ4n) is 5.30. The van der Waals surface area contributed by atoms with Gasteiger partial charge in [0, 0.05) is 42.1 Å². The van der Waals surface area contributed by atoms with Crippen LogP contribution in [0.2, 0.25) is 5.02 Å². The molecule has 1 aliphatic rings. The molecule has 2 aromatic carbocycles. The number of aromatic nitrogens is 4. The van der Waals surface area contributed by atoms with Crippen LogP contribution in [0, 0.1) is 0 Å². The van der Waals surface area contributed by atoms with Crippen molar-refractivity contribution in [2.24, 2.45) is 0 Å². The number of anilines is 1. The molecule has 4 heterocycles. The predicted octanol–water partition coefficient (Wildman–Crippen LogP) is 5.77. The molecule has 1 saturated heterocycles. The quantitative estimate of drug-likeness (QED) is 0.307. The van der Waals surface area contributed by atoms with Gasteiger partial charge in [0.25, 0.3) is 11.8 Å². The Balaban J connectivity index is 1.10. The van der Waals surface area contributed by atoms with E-state index in [2.05, 4.69) is 32.4 Å². The highest BCUT2D eigenvalue weighted by atomic mass is 35.5. The number of hydrogen-bond acceptors (Lipinski definition) is 5. The molecule has 0 spiro atoms. The lowest BCUT2D eigenvalue weighted by Gasteiger charge is -2.32. The number of aryl methyl sites for hydroxylation is 1. The third-order valence-corrected chi connectivity index (χ3v) is 7.60. The second-order valence-electron chi connectivity index (χ2n) is 9.78. The third kappa shape index (κ3) is 4.95. The molecule has 3 aromatic heterocycles. The summed E-state index contributed by atoms with van der Waals surface area (Å²) in [5, 5.41) is 4.41. The Hall–Kier alpha value is -4.30. The molecule has 2 amide bonds. The van der Waals surface area contributed by atoms with Crippen molar-refractivity contribution < 1.29 is 9.59 Å². The minimum Gasteiger partial charge on any atom is -0.339 e. The summed E-state index contributed by atoms with van der Waals surface area (Å²) in [6, 6.07) is 17.1. The first kappa shape index (κ1) is 25.0. The van der Waals surface area contributed by atoms with E-state index in [-0.39, 0.29) is 11.8 Å². The Labute approximate surface area is 230 Å². The van der Waals surface area contributed by atoms with Gasteiger partial charge in [-0.25, -0.2) is 15.0 Å². The van der Waals surface area contributed by atoms with Crippen molar-refractivity contribution in [1.82, 2.24) is 24.3 Å². The summed E-state index contributed by atoms with van der Waals surface area (Å²) in [6.45, 7) is 3.37. The van der Waals surface area contributed by atoms with E-state index in [9.17, 15) is 9.59 Å². The molecular formula is C30H27ClN6O2. The fraction of sp³-hybridized carbons (Fsp3) is 0.233. The number of fused-ring (bicyclic) bond motifs is 2. The number of carbonyl (C=O) groups excluding carboxylic acids is 2. The minimum atomic E-state index is -0.221. The zero-order valence-corrected chi connectivity index (χ0v) is 22.2. The van der Waals surface area contributed by atoms with Crippen LogP contribution in [0.15, 0.2) is 73.3 Å². The highest BCUT2D eigenvalue weighted by molar-refractivity contribution is 6.30. The SMILES string of the molecule is CCc1nc2ccc(Cl)cn2c1C(=O)Nc1ccc(C2CCN(C(=O)c3ccc4ncncc4c3)CC2)cc1. The first-order valence-electron chi connectivity index (χ1n) is 13.1. The number of nitrogens with zero attached hydrogens (tertiary/aromatic N) is 5. The van der Waals surface area contributed by atoms with Crippen LogP contribution in [0.3, 0.4) is 0 Å². The van der Waals surface area contributed by atoms with Gasteiger partial charge in [0.2, 0.25) is 0 Å². The largest absolute Gasteiger partial charge is 0.339 e. The summed E-state index contributed by atoms with van der Waals surface area (Å²) >= 11 is 6.17. The molecule has 0 saturated carbocycles. The predicted molar refractivity (Wildman–Crippen MR) is 151 cm³/mol. The Morgan fingerprint density at radius 1 is 1.05 bits per heavy atom. The van der Waals surface area contributed by atoms with E-state index in [4.69, 9.17) is 11.6 Å². The van der Waals surface area contributed by atoms with Gasteiger partial charge >= 0.3 is 0 Å². The van der Waals surface area contributed by atoms with E-state index in [1.54, 1.807) is 22.9 Å². The number of pyridine rings is 1. The van der Waals surface area contributed by atoms with Gasteiger partial charge in [0.1, 0.15) is 17.7 Å². The zero-order valence-electron chi connectivity index (χ0n) is 21.5. The number of likely N-dealkylation sites (tertiary alicyclic amines) is 1. The Morgan fingerprint density at radius 3 is 2.62 bits per heavy atom. The normalized spacial score (nSPS) is 14.2. The Kier molecular flexibility index (Phi) is 6.70. The van der Waals surface area contributed by atoms with Crippen LogP contribution in [0.25, 0.3) is 16.6 Å². The monoisotopic (exact) mass is 538 g/mol. The van der Waals surface area contributed by atoms with Crippen LogP contribution in [-0.4, -0.2) is 49.2 Å². The van der Waals surface area contributed by atoms with Crippen LogP contribution in [0.1, 0.15) is 57.8 Å². The molecule has 8 nitrogen and oxygen atoms in total. The van der Waals surface area contributed by atoms with Crippen molar-refractivity contribution in [3.8, 4) is 0 Å². The van der Waals surface area contributed by atoms with Gasteiger partial charge < -0.3 is 10.2 Å². The smallest absolute Gasteiger partial charge is 0.274 e. The number of imidazole rings is 1. The molecule has 0 bridgehead atoms. The van der Waals surface area contributed by atoms with E-state index in [1.165, 1.54) is 11.9 Å². The average molecular weight is 539 g/mol. The van der Waals surface area contributed by atoms with Crippen LogP contribution >= 0.6 is 11.6 Å². The molecule has 1 N–H and O–H groups in total. The molecule has 39 heavy (non-hydrogen) atoms. The van der Waals surface area contributed by atoms with Gasteiger partial charge in [-0.05, 0) is 73.2 Å². The zero-order chi connectivity index (χ0) is 26.9. The van der Waals surface area contributed by atoms with Crippen molar-refractivity contribution in [2.75, 3.05) is 18.4 Å². The summed E-state index contributed by atoms with van der Waals surface area (Å²) in [4.78, 5) is 41.1. The number of rotatable bonds is 5. The second-order valence-corrected chi connectivity index (χ2v) is 10.2. The lowest BCUT2D eigenvalue weighted by molar-refractivity contribution is 0.0713. The maximum Gasteiger partial charge on any atom is 0.274 e. The number of hydrogen-bond donors (Lipinski definition) is 1. The Morgan fingerprint density at radius 2 is 1.85 bits per heavy atom. The van der Waals surface area contributed by atoms with Crippen molar-refractivity contribution in [2.45, 2.75) is 32.1 Å². The second kappa shape index (κ2) is 10.5. The summed E-state index contributed by atoms with van der Waals surface area (Å²) in [5.41, 5.74) is 5.33. The summed E-state index contributed by atoms with van der Waals surface area (Å²) in [7, 11) is 0. The lowest BCUT2D eigenvalue weighted by Crippen LogP contribution is -2.37. The average Bonchev–Trinajstić information content (AvgIpc) is 3.35. The molecule has 0 radical (unpaired) electrons. The molecular weight excluding hydrogens is 512 g/mol. The first-order chi connectivity index (χ1) is 19.0. The number of nitrogens with one attached hydrogen (secondary N) is 1. The Bertz CT molecular complexity index is 1690. The van der Waals surface area contributed by atoms with Gasteiger partial charge in [0.15, 0.2) is 0 Å². The molecule has 0 unspecified atom stereocenters. The molecule has 1 aliphatic heterocycles. The van der Waals surface area contributed by atoms with E-state index < -0.39 is 0 Å². The maximum atomic E-state index is 13.2. The molecule has 9 heteroatoms. The molecule has 0 atom stereocenters. The van der Waals surface area contributed by atoms with Crippen LogP contribution in [0.5, 0.6) is 0 Å². The number of benzene rings is 2. The van der Waals surface area contributed by atoms with E-state index in [0.717, 1.165) is 35.1 Å². The topological polar surface area (TPSA) is 92.5 Å². The number of carbonyl (C=O) groups is 2. The van der Waals surface area contributed by atoms with Gasteiger partial charge in [-0.1, -0.05) is 30.7 Å². The highest BCUT2D eigenvalue weighted by Crippen LogP contribution is 2.30. The molecule has 6 rings (SSSR count). The molecule has 5 aromatic rings. The maximum absolute atomic E-state index is 13.2. The van der Waals surface area contributed by atoms with Gasteiger partial charge in [0.05, 0.1) is 16.2 Å². The van der Waals surface area contributed by atoms with E-state index in [0.29, 0.717) is 47.4 Å². The molecule has 0 aliphatic carbocycles. The summed E-state index contributed by atoms with van der Waals surface area (Å²) in [6.07, 6.45) is 7.36. The first-order valence-corrected chi connectivity index (χ1v) is 13.4. The third-order valence-electron chi connectivity index (χ3n) is 7.38. The summed E-state index contributed by atoms with van der Waals surface area (Å²) in [5.74, 6) is 0.176. The number of halogens is 1. The van der Waals surface area contributed by atoms with Gasteiger partial charge in [-0.15, -0.1) is 0 Å². The van der Waals surface area contributed by atoms with E-state index in [1.807, 2.05) is 48.2 Å². The number of piperidine rings is 1. The highest BCUT2D eigenvalue weighted by Gasteiger charge is 2.25. The van der Waals surface area contributed by atoms with Gasteiger partial charge in [-0.3, -0.25) is 14.0 Å². The molecule has 196 valence electrons. The van der Waals surface area contributed by atoms with Gasteiger partial charge in [-0.2, -0.15) is 0 Å². The lowest BCUT2D eigenvalue weighted by atomic mass is 9.89. The minimum absolute atomic E-state index is 0.0393.